The Kier molecular flexibility index (Phi) is 3.23. The van der Waals surface area contributed by atoms with E-state index in [1.54, 1.807) is 12.4 Å². The first-order valence-corrected chi connectivity index (χ1v) is 5.53. The van der Waals surface area contributed by atoms with Gasteiger partial charge in [-0.25, -0.2) is 4.98 Å². The van der Waals surface area contributed by atoms with Gasteiger partial charge in [-0.3, -0.25) is 4.98 Å². The zero-order valence-corrected chi connectivity index (χ0v) is 10.1. The Morgan fingerprint density at radius 1 is 1.18 bits per heavy atom. The summed E-state index contributed by atoms with van der Waals surface area (Å²) in [5, 5.41) is 3.23. The van der Waals surface area contributed by atoms with Gasteiger partial charge in [0.1, 0.15) is 5.82 Å². The molecule has 0 amide bonds. The fourth-order valence-corrected chi connectivity index (χ4v) is 1.57. The Labute approximate surface area is 101 Å². The average molecular weight is 228 g/mol. The van der Waals surface area contributed by atoms with Crippen molar-refractivity contribution in [2.75, 3.05) is 11.1 Å². The molecule has 0 atom stereocenters. The van der Waals surface area contributed by atoms with Crippen molar-refractivity contribution in [3.8, 4) is 0 Å². The molecule has 17 heavy (non-hydrogen) atoms. The Bertz CT molecular complexity index is 523. The van der Waals surface area contributed by atoms with Crippen molar-refractivity contribution in [2.24, 2.45) is 0 Å². The number of hydrogen-bond acceptors (Lipinski definition) is 4. The Morgan fingerprint density at radius 2 is 1.94 bits per heavy atom. The smallest absolute Gasteiger partial charge is 0.149 e. The van der Waals surface area contributed by atoms with E-state index in [9.17, 15) is 0 Å². The third kappa shape index (κ3) is 2.53. The molecule has 0 saturated carbocycles. The van der Waals surface area contributed by atoms with Crippen molar-refractivity contribution in [3.63, 3.8) is 0 Å². The van der Waals surface area contributed by atoms with Crippen LogP contribution >= 0.6 is 0 Å². The Balaban J connectivity index is 2.13. The van der Waals surface area contributed by atoms with Crippen LogP contribution in [0.5, 0.6) is 0 Å². The van der Waals surface area contributed by atoms with Crippen LogP contribution in [-0.4, -0.2) is 9.97 Å². The zero-order valence-electron chi connectivity index (χ0n) is 10.1. The molecule has 0 saturated heterocycles. The number of hydrogen-bond donors (Lipinski definition) is 2. The maximum atomic E-state index is 5.94. The molecule has 88 valence electrons. The van der Waals surface area contributed by atoms with Crippen LogP contribution in [-0.2, 0) is 6.54 Å². The lowest BCUT2D eigenvalue weighted by Crippen LogP contribution is -2.06. The van der Waals surface area contributed by atoms with E-state index in [0.29, 0.717) is 12.2 Å². The second-order valence-electron chi connectivity index (χ2n) is 4.05. The van der Waals surface area contributed by atoms with Crippen molar-refractivity contribution in [2.45, 2.75) is 20.4 Å². The third-order valence-corrected chi connectivity index (χ3v) is 2.80. The molecule has 0 radical (unpaired) electrons. The van der Waals surface area contributed by atoms with E-state index >= 15 is 0 Å². The van der Waals surface area contributed by atoms with E-state index in [4.69, 9.17) is 5.73 Å². The minimum atomic E-state index is 0.681. The molecule has 0 bridgehead atoms. The molecule has 3 N–H and O–H groups in total. The van der Waals surface area contributed by atoms with Gasteiger partial charge in [0.2, 0.25) is 0 Å². The zero-order chi connectivity index (χ0) is 12.3. The molecule has 2 aromatic rings. The van der Waals surface area contributed by atoms with E-state index in [0.717, 1.165) is 16.9 Å². The van der Waals surface area contributed by atoms with E-state index in [-0.39, 0.29) is 0 Å². The molecular formula is C13H16N4. The summed E-state index contributed by atoms with van der Waals surface area (Å²) in [5.41, 5.74) is 10.0. The summed E-state index contributed by atoms with van der Waals surface area (Å²) in [4.78, 5) is 8.33. The molecular weight excluding hydrogens is 212 g/mol. The predicted molar refractivity (Wildman–Crippen MR) is 69.7 cm³/mol. The first-order chi connectivity index (χ1) is 8.18. The highest BCUT2D eigenvalue weighted by Gasteiger charge is 2.03. The Morgan fingerprint density at radius 3 is 2.71 bits per heavy atom. The summed E-state index contributed by atoms with van der Waals surface area (Å²) in [5.74, 6) is 0.730. The molecule has 0 aromatic carbocycles. The maximum Gasteiger partial charge on any atom is 0.149 e. The topological polar surface area (TPSA) is 63.8 Å². The van der Waals surface area contributed by atoms with Gasteiger partial charge in [0.05, 0.1) is 5.69 Å². The van der Waals surface area contributed by atoms with Gasteiger partial charge in [0.15, 0.2) is 0 Å². The molecule has 2 aromatic heterocycles. The van der Waals surface area contributed by atoms with Crippen LogP contribution in [0.2, 0.25) is 0 Å². The molecule has 4 heteroatoms. The van der Waals surface area contributed by atoms with Crippen LogP contribution in [0.3, 0.4) is 0 Å². The van der Waals surface area contributed by atoms with Crippen LogP contribution in [0.25, 0.3) is 0 Å². The lowest BCUT2D eigenvalue weighted by atomic mass is 10.1. The second-order valence-corrected chi connectivity index (χ2v) is 4.05. The number of rotatable bonds is 3. The molecule has 0 aliphatic heterocycles. The first-order valence-electron chi connectivity index (χ1n) is 5.53. The van der Waals surface area contributed by atoms with Crippen molar-refractivity contribution in [3.05, 3.63) is 47.4 Å². The van der Waals surface area contributed by atoms with Gasteiger partial charge in [-0.2, -0.15) is 0 Å². The number of aryl methyl sites for hydroxylation is 2. The van der Waals surface area contributed by atoms with Crippen LogP contribution in [0.15, 0.2) is 30.7 Å². The quantitative estimate of drug-likeness (QED) is 0.846. The van der Waals surface area contributed by atoms with E-state index in [2.05, 4.69) is 22.2 Å². The minimum Gasteiger partial charge on any atom is -0.396 e. The summed E-state index contributed by atoms with van der Waals surface area (Å²) in [6.45, 7) is 4.71. The summed E-state index contributed by atoms with van der Waals surface area (Å²) in [7, 11) is 0. The molecule has 0 spiro atoms. The van der Waals surface area contributed by atoms with Crippen molar-refractivity contribution >= 4 is 11.5 Å². The highest BCUT2D eigenvalue weighted by Crippen LogP contribution is 2.19. The number of pyridine rings is 2. The fourth-order valence-electron chi connectivity index (χ4n) is 1.57. The molecule has 2 heterocycles. The van der Waals surface area contributed by atoms with Gasteiger partial charge in [0, 0.05) is 25.1 Å². The number of anilines is 2. The molecule has 0 aliphatic carbocycles. The second kappa shape index (κ2) is 4.82. The summed E-state index contributed by atoms with van der Waals surface area (Å²) < 4.78 is 0. The fraction of sp³-hybridized carbons (Fsp3) is 0.231. The minimum absolute atomic E-state index is 0.681. The van der Waals surface area contributed by atoms with Crippen LogP contribution in [0.4, 0.5) is 11.5 Å². The van der Waals surface area contributed by atoms with Crippen LogP contribution < -0.4 is 11.1 Å². The largest absolute Gasteiger partial charge is 0.396 e. The monoisotopic (exact) mass is 228 g/mol. The summed E-state index contributed by atoms with van der Waals surface area (Å²) in [6.07, 6.45) is 5.40. The molecule has 0 unspecified atom stereocenters. The van der Waals surface area contributed by atoms with E-state index in [1.165, 1.54) is 5.56 Å². The molecule has 2 rings (SSSR count). The van der Waals surface area contributed by atoms with Crippen molar-refractivity contribution in [1.29, 1.82) is 0 Å². The van der Waals surface area contributed by atoms with Crippen LogP contribution in [0.1, 0.15) is 16.7 Å². The van der Waals surface area contributed by atoms with Crippen LogP contribution in [0, 0.1) is 13.8 Å². The molecule has 0 aliphatic rings. The molecule has 4 nitrogen and oxygen atoms in total. The number of nitrogens with two attached hydrogens (primary N) is 1. The number of nitrogen functional groups attached to an aromatic ring is 1. The highest BCUT2D eigenvalue weighted by atomic mass is 15.0. The van der Waals surface area contributed by atoms with Gasteiger partial charge in [0.25, 0.3) is 0 Å². The van der Waals surface area contributed by atoms with Gasteiger partial charge >= 0.3 is 0 Å². The predicted octanol–water partition coefficient (Wildman–Crippen LogP) is 2.29. The lowest BCUT2D eigenvalue weighted by molar-refractivity contribution is 1.06. The average Bonchev–Trinajstić information content (AvgIpc) is 2.33. The van der Waals surface area contributed by atoms with Gasteiger partial charge in [-0.15, -0.1) is 0 Å². The van der Waals surface area contributed by atoms with Gasteiger partial charge in [-0.1, -0.05) is 0 Å². The summed E-state index contributed by atoms with van der Waals surface area (Å²) >= 11 is 0. The molecule has 0 fully saturated rings. The first kappa shape index (κ1) is 11.4. The standard InChI is InChI=1S/C13H16N4/c1-9-3-5-15-7-11(9)8-17-13-12(14)10(2)4-6-16-13/h3-7H,8,14H2,1-2H3,(H,16,17). The van der Waals surface area contributed by atoms with Crippen molar-refractivity contribution < 1.29 is 0 Å². The maximum absolute atomic E-state index is 5.94. The van der Waals surface area contributed by atoms with Gasteiger partial charge in [-0.05, 0) is 42.7 Å². The highest BCUT2D eigenvalue weighted by molar-refractivity contribution is 5.64. The Hall–Kier alpha value is -2.10. The number of nitrogens with one attached hydrogen (secondary N) is 1. The van der Waals surface area contributed by atoms with E-state index in [1.807, 2.05) is 25.3 Å². The number of nitrogens with zero attached hydrogens (tertiary/aromatic N) is 2. The summed E-state index contributed by atoms with van der Waals surface area (Å²) in [6, 6.07) is 3.89. The van der Waals surface area contributed by atoms with E-state index < -0.39 is 0 Å². The normalized spacial score (nSPS) is 10.2. The van der Waals surface area contributed by atoms with Crippen molar-refractivity contribution in [1.82, 2.24) is 9.97 Å². The number of aromatic nitrogens is 2. The SMILES string of the molecule is Cc1ccncc1CNc1nccc(C)c1N. The third-order valence-electron chi connectivity index (χ3n) is 2.80. The van der Waals surface area contributed by atoms with Gasteiger partial charge < -0.3 is 11.1 Å². The lowest BCUT2D eigenvalue weighted by Gasteiger charge is -2.10.